The van der Waals surface area contributed by atoms with Crippen LogP contribution in [0.2, 0.25) is 5.28 Å². The number of para-hydroxylation sites is 1. The van der Waals surface area contributed by atoms with Crippen LogP contribution < -0.4 is 15.1 Å². The molecule has 2 aromatic rings. The number of carbonyl (C=O) groups is 1. The van der Waals surface area contributed by atoms with Crippen LogP contribution in [0.15, 0.2) is 24.4 Å². The third-order valence-electron chi connectivity index (χ3n) is 5.73. The second-order valence-corrected chi connectivity index (χ2v) is 7.76. The number of nitrogens with zero attached hydrogens (tertiary/aromatic N) is 4. The molecule has 2 aliphatic rings. The maximum atomic E-state index is 14.6. The molecule has 1 saturated carbocycles. The van der Waals surface area contributed by atoms with Gasteiger partial charge < -0.3 is 5.32 Å². The van der Waals surface area contributed by atoms with E-state index in [0.717, 1.165) is 31.2 Å². The summed E-state index contributed by atoms with van der Waals surface area (Å²) in [6.45, 7) is 2.03. The molecule has 0 bridgehead atoms. The molecule has 0 unspecified atom stereocenters. The molecule has 1 aliphatic carbocycles. The fourth-order valence-corrected chi connectivity index (χ4v) is 4.38. The van der Waals surface area contributed by atoms with Gasteiger partial charge >= 0.3 is 6.03 Å². The summed E-state index contributed by atoms with van der Waals surface area (Å²) in [5.41, 5.74) is 1.79. The zero-order chi connectivity index (χ0) is 19.8. The van der Waals surface area contributed by atoms with Crippen LogP contribution in [-0.2, 0) is 6.54 Å². The minimum atomic E-state index is -0.412. The number of nitrogens with one attached hydrogen (secondary N) is 1. The summed E-state index contributed by atoms with van der Waals surface area (Å²) in [7, 11) is 1.96. The number of carbonyl (C=O) groups excluding carboxylic acids is 1. The van der Waals surface area contributed by atoms with Gasteiger partial charge in [0.25, 0.3) is 0 Å². The zero-order valence-corrected chi connectivity index (χ0v) is 16.7. The second kappa shape index (κ2) is 7.64. The van der Waals surface area contributed by atoms with Crippen molar-refractivity contribution >= 4 is 29.1 Å². The smallest absolute Gasteiger partial charge is 0.317 e. The van der Waals surface area contributed by atoms with E-state index < -0.39 is 5.82 Å². The van der Waals surface area contributed by atoms with Crippen molar-refractivity contribution in [3.8, 4) is 0 Å². The normalized spacial score (nSPS) is 22.4. The van der Waals surface area contributed by atoms with Crippen molar-refractivity contribution in [3.63, 3.8) is 0 Å². The van der Waals surface area contributed by atoms with Gasteiger partial charge in [-0.2, -0.15) is 4.98 Å². The molecular weight excluding hydrogens is 381 g/mol. The Kier molecular flexibility index (Phi) is 5.21. The van der Waals surface area contributed by atoms with Gasteiger partial charge in [0.15, 0.2) is 0 Å². The van der Waals surface area contributed by atoms with Crippen LogP contribution in [-0.4, -0.2) is 35.1 Å². The Balaban J connectivity index is 1.76. The maximum Gasteiger partial charge on any atom is 0.330 e. The van der Waals surface area contributed by atoms with Gasteiger partial charge in [-0.1, -0.05) is 12.1 Å². The van der Waals surface area contributed by atoms with Crippen molar-refractivity contribution in [3.05, 3.63) is 46.6 Å². The summed E-state index contributed by atoms with van der Waals surface area (Å²) in [5, 5.41) is 3.41. The van der Waals surface area contributed by atoms with E-state index in [4.69, 9.17) is 11.6 Å². The van der Waals surface area contributed by atoms with Crippen molar-refractivity contribution in [2.24, 2.45) is 0 Å². The third-order valence-corrected chi connectivity index (χ3v) is 5.92. The maximum absolute atomic E-state index is 14.6. The number of hydrogen-bond donors (Lipinski definition) is 1. The van der Waals surface area contributed by atoms with Crippen LogP contribution in [0.25, 0.3) is 0 Å². The van der Waals surface area contributed by atoms with Crippen LogP contribution in [0.4, 0.5) is 20.7 Å². The van der Waals surface area contributed by atoms with E-state index in [9.17, 15) is 9.18 Å². The standard InChI is InChI=1S/C20H23ClFN5O/c1-12-4-3-5-16(22)17(12)26-11-13-10-24-19(21)25-18(13)27(20(26)28)15-8-6-14(23-2)7-9-15/h3-5,10,14-15,23H,6-9,11H2,1-2H3/t14-,15+. The Morgan fingerprint density at radius 1 is 1.25 bits per heavy atom. The summed E-state index contributed by atoms with van der Waals surface area (Å²) < 4.78 is 14.6. The number of anilines is 2. The summed E-state index contributed by atoms with van der Waals surface area (Å²) in [6, 6.07) is 5.03. The van der Waals surface area contributed by atoms with Crippen LogP contribution in [0.1, 0.15) is 36.8 Å². The van der Waals surface area contributed by atoms with Gasteiger partial charge in [-0.15, -0.1) is 0 Å². The SMILES string of the molecule is CN[C@H]1CC[C@@H](N2C(=O)N(c3c(C)cccc3F)Cc3cnc(Cl)nc32)CC1. The summed E-state index contributed by atoms with van der Waals surface area (Å²) >= 11 is 6.03. The zero-order valence-electron chi connectivity index (χ0n) is 16.0. The van der Waals surface area contributed by atoms with Crippen LogP contribution in [0.3, 0.4) is 0 Å². The number of amides is 2. The molecule has 6 nitrogen and oxygen atoms in total. The first kappa shape index (κ1) is 19.1. The highest BCUT2D eigenvalue weighted by molar-refractivity contribution is 6.28. The molecule has 2 heterocycles. The molecule has 0 atom stereocenters. The Bertz CT molecular complexity index is 880. The van der Waals surface area contributed by atoms with Crippen LogP contribution in [0.5, 0.6) is 0 Å². The van der Waals surface area contributed by atoms with Gasteiger partial charge in [0.05, 0.1) is 12.2 Å². The molecule has 1 aliphatic heterocycles. The molecule has 148 valence electrons. The lowest BCUT2D eigenvalue weighted by Crippen LogP contribution is -2.54. The lowest BCUT2D eigenvalue weighted by atomic mass is 9.90. The molecule has 0 saturated heterocycles. The predicted octanol–water partition coefficient (Wildman–Crippen LogP) is 4.05. The molecular formula is C20H23ClFN5O. The van der Waals surface area contributed by atoms with Gasteiger partial charge in [-0.05, 0) is 62.9 Å². The van der Waals surface area contributed by atoms with Gasteiger partial charge in [-0.25, -0.2) is 14.2 Å². The van der Waals surface area contributed by atoms with E-state index in [1.807, 2.05) is 20.0 Å². The number of urea groups is 1. The lowest BCUT2D eigenvalue weighted by molar-refractivity contribution is 0.242. The Labute approximate surface area is 168 Å². The molecule has 2 amide bonds. The Hall–Kier alpha value is -2.25. The number of fused-ring (bicyclic) bond motifs is 1. The number of hydrogen-bond acceptors (Lipinski definition) is 4. The van der Waals surface area contributed by atoms with Crippen LogP contribution >= 0.6 is 11.6 Å². The molecule has 28 heavy (non-hydrogen) atoms. The lowest BCUT2D eigenvalue weighted by Gasteiger charge is -2.42. The largest absolute Gasteiger partial charge is 0.330 e. The van der Waals surface area contributed by atoms with E-state index in [0.29, 0.717) is 23.1 Å². The minimum absolute atomic E-state index is 0.00306. The topological polar surface area (TPSA) is 61.4 Å². The molecule has 1 fully saturated rings. The monoisotopic (exact) mass is 403 g/mol. The molecule has 1 aromatic carbocycles. The molecule has 4 rings (SSSR count). The highest BCUT2D eigenvalue weighted by Gasteiger charge is 2.39. The third kappa shape index (κ3) is 3.33. The first-order chi connectivity index (χ1) is 13.5. The van der Waals surface area contributed by atoms with Crippen molar-refractivity contribution in [1.29, 1.82) is 0 Å². The van der Waals surface area contributed by atoms with E-state index >= 15 is 0 Å². The fraction of sp³-hybridized carbons (Fsp3) is 0.450. The van der Waals surface area contributed by atoms with Crippen molar-refractivity contribution in [1.82, 2.24) is 15.3 Å². The van der Waals surface area contributed by atoms with Gasteiger partial charge in [0.1, 0.15) is 11.6 Å². The van der Waals surface area contributed by atoms with Crippen molar-refractivity contribution in [2.75, 3.05) is 16.8 Å². The molecule has 0 spiro atoms. The van der Waals surface area contributed by atoms with Crippen molar-refractivity contribution in [2.45, 2.75) is 51.2 Å². The average molecular weight is 404 g/mol. The Morgan fingerprint density at radius 3 is 2.68 bits per heavy atom. The molecule has 1 N–H and O–H groups in total. The molecule has 0 radical (unpaired) electrons. The highest BCUT2D eigenvalue weighted by atomic mass is 35.5. The number of aryl methyl sites for hydroxylation is 1. The van der Waals surface area contributed by atoms with Crippen LogP contribution in [0, 0.1) is 12.7 Å². The second-order valence-electron chi connectivity index (χ2n) is 7.43. The van der Waals surface area contributed by atoms with E-state index in [-0.39, 0.29) is 23.9 Å². The van der Waals surface area contributed by atoms with Gasteiger partial charge in [0.2, 0.25) is 5.28 Å². The molecule has 8 heteroatoms. The first-order valence-electron chi connectivity index (χ1n) is 9.54. The predicted molar refractivity (Wildman–Crippen MR) is 107 cm³/mol. The highest BCUT2D eigenvalue weighted by Crippen LogP contribution is 2.37. The number of halogens is 2. The van der Waals surface area contributed by atoms with Gasteiger partial charge in [0, 0.05) is 23.8 Å². The van der Waals surface area contributed by atoms with E-state index in [1.54, 1.807) is 17.2 Å². The van der Waals surface area contributed by atoms with E-state index in [1.165, 1.54) is 11.0 Å². The number of aromatic nitrogens is 2. The first-order valence-corrected chi connectivity index (χ1v) is 9.92. The minimum Gasteiger partial charge on any atom is -0.317 e. The number of benzene rings is 1. The summed E-state index contributed by atoms with van der Waals surface area (Å²) in [5.74, 6) is 0.133. The van der Waals surface area contributed by atoms with Crippen molar-refractivity contribution < 1.29 is 9.18 Å². The summed E-state index contributed by atoms with van der Waals surface area (Å²) in [6.07, 6.45) is 5.27. The van der Waals surface area contributed by atoms with E-state index in [2.05, 4.69) is 15.3 Å². The molecule has 1 aromatic heterocycles. The quantitative estimate of drug-likeness (QED) is 0.785. The fourth-order valence-electron chi connectivity index (χ4n) is 4.25. The van der Waals surface area contributed by atoms with Gasteiger partial charge in [-0.3, -0.25) is 9.80 Å². The summed E-state index contributed by atoms with van der Waals surface area (Å²) in [4.78, 5) is 25.2. The Morgan fingerprint density at radius 2 is 2.00 bits per heavy atom. The number of rotatable bonds is 3. The average Bonchev–Trinajstić information content (AvgIpc) is 2.69.